The molecule has 0 aliphatic heterocycles. The van der Waals surface area contributed by atoms with Gasteiger partial charge in [-0.05, 0) is 37.6 Å². The molecule has 2 aromatic heterocycles. The summed E-state index contributed by atoms with van der Waals surface area (Å²) in [6, 6.07) is 9.28. The second kappa shape index (κ2) is 6.12. The maximum atomic E-state index is 11.3. The number of carbonyl (C=O) groups is 1. The standard InChI is InChI=1S/C18H18N2O3/c1-12-5-6-13(2)14(10-12)18-19-7-8-20(18)15(11-17(21)22)16-4-3-9-23-16/h3-10,15H,11H2,1-2H3,(H,21,22). The molecule has 3 aromatic rings. The number of benzene rings is 1. The zero-order chi connectivity index (χ0) is 16.4. The van der Waals surface area contributed by atoms with Crippen molar-refractivity contribution in [2.24, 2.45) is 0 Å². The predicted molar refractivity (Wildman–Crippen MR) is 86.2 cm³/mol. The first-order valence-corrected chi connectivity index (χ1v) is 7.42. The molecule has 0 spiro atoms. The third-order valence-electron chi connectivity index (χ3n) is 3.88. The molecule has 1 unspecified atom stereocenters. The molecule has 3 rings (SSSR count). The van der Waals surface area contributed by atoms with Gasteiger partial charge in [-0.25, -0.2) is 4.98 Å². The van der Waals surface area contributed by atoms with Gasteiger partial charge in [0.25, 0.3) is 0 Å². The molecule has 0 amide bonds. The molecule has 0 aliphatic rings. The minimum Gasteiger partial charge on any atom is -0.481 e. The van der Waals surface area contributed by atoms with Crippen LogP contribution >= 0.6 is 0 Å². The van der Waals surface area contributed by atoms with Gasteiger partial charge < -0.3 is 14.1 Å². The van der Waals surface area contributed by atoms with Crippen molar-refractivity contribution in [3.63, 3.8) is 0 Å². The Hall–Kier alpha value is -2.82. The van der Waals surface area contributed by atoms with Crippen LogP contribution in [0.5, 0.6) is 0 Å². The molecule has 5 nitrogen and oxygen atoms in total. The van der Waals surface area contributed by atoms with Gasteiger partial charge in [-0.3, -0.25) is 4.79 Å². The number of rotatable bonds is 5. The average Bonchev–Trinajstić information content (AvgIpc) is 3.18. The summed E-state index contributed by atoms with van der Waals surface area (Å²) in [5, 5.41) is 9.27. The second-order valence-corrected chi connectivity index (χ2v) is 5.61. The van der Waals surface area contributed by atoms with Crippen LogP contribution in [0.2, 0.25) is 0 Å². The van der Waals surface area contributed by atoms with E-state index in [0.717, 1.165) is 22.5 Å². The molecule has 0 bridgehead atoms. The van der Waals surface area contributed by atoms with Gasteiger partial charge in [0.05, 0.1) is 12.7 Å². The second-order valence-electron chi connectivity index (χ2n) is 5.61. The highest BCUT2D eigenvalue weighted by atomic mass is 16.4. The first kappa shape index (κ1) is 15.1. The normalized spacial score (nSPS) is 12.3. The number of aryl methyl sites for hydroxylation is 2. The highest BCUT2D eigenvalue weighted by molar-refractivity contribution is 5.68. The van der Waals surface area contributed by atoms with Crippen LogP contribution in [0.15, 0.2) is 53.4 Å². The Labute approximate surface area is 134 Å². The maximum absolute atomic E-state index is 11.3. The molecule has 0 radical (unpaired) electrons. The Balaban J connectivity index is 2.11. The van der Waals surface area contributed by atoms with E-state index in [0.29, 0.717) is 5.76 Å². The number of carboxylic acid groups (broad SMARTS) is 1. The topological polar surface area (TPSA) is 68.3 Å². The summed E-state index contributed by atoms with van der Waals surface area (Å²) >= 11 is 0. The van der Waals surface area contributed by atoms with Gasteiger partial charge in [0.15, 0.2) is 0 Å². The zero-order valence-electron chi connectivity index (χ0n) is 13.1. The van der Waals surface area contributed by atoms with Crippen LogP contribution in [0.1, 0.15) is 29.3 Å². The van der Waals surface area contributed by atoms with Crippen molar-refractivity contribution in [3.8, 4) is 11.4 Å². The number of hydrogen-bond acceptors (Lipinski definition) is 3. The molecule has 0 saturated carbocycles. The van der Waals surface area contributed by atoms with Crippen LogP contribution in [0, 0.1) is 13.8 Å². The van der Waals surface area contributed by atoms with E-state index in [-0.39, 0.29) is 6.42 Å². The van der Waals surface area contributed by atoms with Crippen LogP contribution in [0.4, 0.5) is 0 Å². The lowest BCUT2D eigenvalue weighted by atomic mass is 10.0. The fourth-order valence-corrected chi connectivity index (χ4v) is 2.73. The number of aliphatic carboxylic acids is 1. The Morgan fingerprint density at radius 3 is 2.87 bits per heavy atom. The van der Waals surface area contributed by atoms with Crippen molar-refractivity contribution >= 4 is 5.97 Å². The van der Waals surface area contributed by atoms with E-state index in [4.69, 9.17) is 4.42 Å². The monoisotopic (exact) mass is 310 g/mol. The summed E-state index contributed by atoms with van der Waals surface area (Å²) < 4.78 is 7.32. The first-order chi connectivity index (χ1) is 11.1. The van der Waals surface area contributed by atoms with Crippen molar-refractivity contribution in [1.82, 2.24) is 9.55 Å². The summed E-state index contributed by atoms with van der Waals surface area (Å²) in [5.41, 5.74) is 3.22. The Morgan fingerprint density at radius 2 is 2.17 bits per heavy atom. The van der Waals surface area contributed by atoms with E-state index in [9.17, 15) is 9.90 Å². The quantitative estimate of drug-likeness (QED) is 0.777. The van der Waals surface area contributed by atoms with E-state index < -0.39 is 12.0 Å². The van der Waals surface area contributed by atoms with Gasteiger partial charge in [-0.2, -0.15) is 0 Å². The minimum absolute atomic E-state index is 0.0677. The lowest BCUT2D eigenvalue weighted by molar-refractivity contribution is -0.137. The SMILES string of the molecule is Cc1ccc(C)c(-c2nccn2C(CC(=O)O)c2ccco2)c1. The molecule has 23 heavy (non-hydrogen) atoms. The van der Waals surface area contributed by atoms with Crippen LogP contribution < -0.4 is 0 Å². The van der Waals surface area contributed by atoms with Gasteiger partial charge in [-0.1, -0.05) is 17.7 Å². The van der Waals surface area contributed by atoms with Gasteiger partial charge in [0.2, 0.25) is 0 Å². The summed E-state index contributed by atoms with van der Waals surface area (Å²) in [4.78, 5) is 15.7. The van der Waals surface area contributed by atoms with Crippen LogP contribution in [0.3, 0.4) is 0 Å². The summed E-state index contributed by atoms with van der Waals surface area (Å²) in [6.45, 7) is 4.05. The van der Waals surface area contributed by atoms with E-state index in [1.54, 1.807) is 30.8 Å². The molecule has 1 N–H and O–H groups in total. The lowest BCUT2D eigenvalue weighted by Gasteiger charge is -2.18. The largest absolute Gasteiger partial charge is 0.481 e. The predicted octanol–water partition coefficient (Wildman–Crippen LogP) is 3.82. The van der Waals surface area contributed by atoms with Crippen LogP contribution in [0.25, 0.3) is 11.4 Å². The van der Waals surface area contributed by atoms with Crippen molar-refractivity contribution in [2.75, 3.05) is 0 Å². The molecule has 1 aromatic carbocycles. The molecule has 1 atom stereocenters. The first-order valence-electron chi connectivity index (χ1n) is 7.42. The van der Waals surface area contributed by atoms with E-state index in [1.165, 1.54) is 0 Å². The van der Waals surface area contributed by atoms with E-state index >= 15 is 0 Å². The van der Waals surface area contributed by atoms with Gasteiger partial charge in [0, 0.05) is 18.0 Å². The molecule has 0 saturated heterocycles. The molecule has 2 heterocycles. The number of aromatic nitrogens is 2. The number of furan rings is 1. The number of nitrogens with zero attached hydrogens (tertiary/aromatic N) is 2. The van der Waals surface area contributed by atoms with Crippen LogP contribution in [-0.2, 0) is 4.79 Å². The Morgan fingerprint density at radius 1 is 1.35 bits per heavy atom. The van der Waals surface area contributed by atoms with E-state index in [1.807, 2.05) is 30.5 Å². The highest BCUT2D eigenvalue weighted by Crippen LogP contribution is 2.30. The van der Waals surface area contributed by atoms with Crippen LogP contribution in [-0.4, -0.2) is 20.6 Å². The van der Waals surface area contributed by atoms with E-state index in [2.05, 4.69) is 11.1 Å². The molecule has 5 heteroatoms. The van der Waals surface area contributed by atoms with Crippen molar-refractivity contribution in [1.29, 1.82) is 0 Å². The average molecular weight is 310 g/mol. The van der Waals surface area contributed by atoms with Crippen molar-refractivity contribution < 1.29 is 14.3 Å². The Bertz CT molecular complexity index is 819. The number of imidazole rings is 1. The summed E-state index contributed by atoms with van der Waals surface area (Å²) in [6.07, 6.45) is 4.97. The lowest BCUT2D eigenvalue weighted by Crippen LogP contribution is -2.15. The Kier molecular flexibility index (Phi) is 4.02. The third kappa shape index (κ3) is 3.04. The maximum Gasteiger partial charge on any atom is 0.305 e. The van der Waals surface area contributed by atoms with Gasteiger partial charge >= 0.3 is 5.97 Å². The smallest absolute Gasteiger partial charge is 0.305 e. The van der Waals surface area contributed by atoms with Crippen molar-refractivity contribution in [2.45, 2.75) is 26.3 Å². The van der Waals surface area contributed by atoms with Gasteiger partial charge in [-0.15, -0.1) is 0 Å². The molecular formula is C18H18N2O3. The third-order valence-corrected chi connectivity index (χ3v) is 3.88. The molecule has 118 valence electrons. The fraction of sp³-hybridized carbons (Fsp3) is 0.222. The molecule has 0 fully saturated rings. The fourth-order valence-electron chi connectivity index (χ4n) is 2.73. The van der Waals surface area contributed by atoms with Gasteiger partial charge in [0.1, 0.15) is 17.6 Å². The number of hydrogen-bond donors (Lipinski definition) is 1. The van der Waals surface area contributed by atoms with Crippen molar-refractivity contribution in [3.05, 3.63) is 65.9 Å². The molecular weight excluding hydrogens is 292 g/mol. The minimum atomic E-state index is -0.882. The molecule has 0 aliphatic carbocycles. The zero-order valence-corrected chi connectivity index (χ0v) is 13.1. The highest BCUT2D eigenvalue weighted by Gasteiger charge is 2.23. The summed E-state index contributed by atoms with van der Waals surface area (Å²) in [5.74, 6) is 0.470. The number of carboxylic acids is 1. The summed E-state index contributed by atoms with van der Waals surface area (Å²) in [7, 11) is 0.